The average Bonchev–Trinajstić information content (AvgIpc) is 3.23. The van der Waals surface area contributed by atoms with Crippen LogP contribution in [0.4, 0.5) is 0 Å². The molecule has 0 fully saturated rings. The van der Waals surface area contributed by atoms with Crippen molar-refractivity contribution in [3.05, 3.63) is 130 Å². The minimum absolute atomic E-state index is 0.197. The van der Waals surface area contributed by atoms with Gasteiger partial charge in [-0.1, -0.05) is 83.1 Å². The van der Waals surface area contributed by atoms with Gasteiger partial charge < -0.3 is 9.47 Å². The topological polar surface area (TPSA) is 69.9 Å². The van der Waals surface area contributed by atoms with Gasteiger partial charge in [0.2, 0.25) is 0 Å². The van der Waals surface area contributed by atoms with Gasteiger partial charge in [-0.15, -0.1) is 0 Å². The van der Waals surface area contributed by atoms with Gasteiger partial charge in [-0.05, 0) is 55.3 Å². The highest BCUT2D eigenvalue weighted by molar-refractivity contribution is 7.07. The second kappa shape index (κ2) is 11.6. The molecule has 9 heteroatoms. The Morgan fingerprint density at radius 3 is 2.51 bits per heavy atom. The zero-order valence-corrected chi connectivity index (χ0v) is 23.5. The Morgan fingerprint density at radius 1 is 1.05 bits per heavy atom. The number of fused-ring (bicyclic) bond motifs is 1. The monoisotopic (exact) mass is 578 g/mol. The van der Waals surface area contributed by atoms with Crippen molar-refractivity contribution in [3.63, 3.8) is 0 Å². The van der Waals surface area contributed by atoms with Gasteiger partial charge >= 0.3 is 5.97 Å². The number of hydrogen-bond donors (Lipinski definition) is 0. The Bertz CT molecular complexity index is 1760. The van der Waals surface area contributed by atoms with Crippen LogP contribution in [0.2, 0.25) is 10.0 Å². The minimum Gasteiger partial charge on any atom is -0.488 e. The van der Waals surface area contributed by atoms with E-state index in [1.165, 1.54) is 15.9 Å². The second-order valence-electron chi connectivity index (χ2n) is 8.78. The highest BCUT2D eigenvalue weighted by atomic mass is 35.5. The maximum Gasteiger partial charge on any atom is 0.338 e. The number of aromatic nitrogens is 1. The third-order valence-electron chi connectivity index (χ3n) is 6.23. The van der Waals surface area contributed by atoms with Gasteiger partial charge in [0.25, 0.3) is 5.56 Å². The number of carbonyl (C=O) groups is 1. The molecule has 198 valence electrons. The molecule has 1 aliphatic rings. The number of rotatable bonds is 7. The van der Waals surface area contributed by atoms with Crippen molar-refractivity contribution in [2.75, 3.05) is 6.61 Å². The van der Waals surface area contributed by atoms with Crippen molar-refractivity contribution >= 4 is 46.6 Å². The molecule has 39 heavy (non-hydrogen) atoms. The number of nitrogens with zero attached hydrogens (tertiary/aromatic N) is 2. The highest BCUT2D eigenvalue weighted by Gasteiger charge is 2.34. The van der Waals surface area contributed by atoms with Crippen LogP contribution in [0, 0.1) is 0 Å². The minimum atomic E-state index is -0.771. The fourth-order valence-corrected chi connectivity index (χ4v) is 5.80. The molecule has 0 unspecified atom stereocenters. The van der Waals surface area contributed by atoms with E-state index in [9.17, 15) is 9.59 Å². The van der Waals surface area contributed by atoms with Crippen LogP contribution in [0.3, 0.4) is 0 Å². The van der Waals surface area contributed by atoms with Crippen LogP contribution < -0.4 is 19.6 Å². The number of carbonyl (C=O) groups excluding carboxylic acids is 1. The number of allylic oxidation sites excluding steroid dienone is 1. The number of hydrogen-bond acceptors (Lipinski definition) is 6. The molecule has 0 saturated carbocycles. The Balaban J connectivity index is 1.60. The second-order valence-corrected chi connectivity index (χ2v) is 10.6. The quantitative estimate of drug-likeness (QED) is 0.264. The summed E-state index contributed by atoms with van der Waals surface area (Å²) in [4.78, 5) is 32.0. The van der Waals surface area contributed by atoms with Crippen molar-refractivity contribution in [2.45, 2.75) is 26.5 Å². The van der Waals surface area contributed by atoms with Gasteiger partial charge in [0.05, 0.1) is 22.4 Å². The SMILES string of the molecule is CCOC(=O)C1=C(C)N=c2s/c(=C\c3ccccc3OCc3ccc(Cl)cc3)c(=O)n2[C@H]1c1ccccc1Cl. The summed E-state index contributed by atoms with van der Waals surface area (Å²) in [5.41, 5.74) is 2.82. The van der Waals surface area contributed by atoms with E-state index >= 15 is 0 Å². The smallest absolute Gasteiger partial charge is 0.338 e. The van der Waals surface area contributed by atoms with E-state index < -0.39 is 12.0 Å². The molecule has 6 nitrogen and oxygen atoms in total. The van der Waals surface area contributed by atoms with Gasteiger partial charge in [0.15, 0.2) is 4.80 Å². The van der Waals surface area contributed by atoms with Crippen molar-refractivity contribution in [2.24, 2.45) is 4.99 Å². The molecule has 0 bridgehead atoms. The molecule has 5 rings (SSSR count). The molecule has 0 radical (unpaired) electrons. The lowest BCUT2D eigenvalue weighted by atomic mass is 9.96. The van der Waals surface area contributed by atoms with Crippen molar-refractivity contribution < 1.29 is 14.3 Å². The van der Waals surface area contributed by atoms with Crippen LogP contribution in [0.1, 0.15) is 36.6 Å². The van der Waals surface area contributed by atoms with Crippen molar-refractivity contribution in [1.29, 1.82) is 0 Å². The van der Waals surface area contributed by atoms with E-state index in [0.717, 1.165) is 11.1 Å². The molecule has 0 spiro atoms. The summed E-state index contributed by atoms with van der Waals surface area (Å²) in [7, 11) is 0. The van der Waals surface area contributed by atoms with E-state index in [4.69, 9.17) is 32.7 Å². The number of benzene rings is 3. The number of para-hydroxylation sites is 1. The first-order chi connectivity index (χ1) is 18.9. The molecular weight excluding hydrogens is 555 g/mol. The Hall–Kier alpha value is -3.65. The van der Waals surface area contributed by atoms with Crippen molar-refractivity contribution in [3.8, 4) is 5.75 Å². The van der Waals surface area contributed by atoms with Crippen LogP contribution >= 0.6 is 34.5 Å². The number of esters is 1. The zero-order valence-electron chi connectivity index (χ0n) is 21.2. The van der Waals surface area contributed by atoms with Crippen molar-refractivity contribution in [1.82, 2.24) is 4.57 Å². The van der Waals surface area contributed by atoms with E-state index in [1.807, 2.05) is 60.7 Å². The Labute approximate surface area is 239 Å². The molecule has 4 aromatic rings. The number of thiazole rings is 1. The lowest BCUT2D eigenvalue weighted by Crippen LogP contribution is -2.40. The molecule has 1 aliphatic heterocycles. The van der Waals surface area contributed by atoms with Gasteiger partial charge in [0.1, 0.15) is 18.4 Å². The van der Waals surface area contributed by atoms with Gasteiger partial charge in [-0.25, -0.2) is 9.79 Å². The zero-order chi connectivity index (χ0) is 27.5. The van der Waals surface area contributed by atoms with Crippen LogP contribution in [0.15, 0.2) is 93.9 Å². The first kappa shape index (κ1) is 26.9. The lowest BCUT2D eigenvalue weighted by molar-refractivity contribution is -0.139. The maximum absolute atomic E-state index is 13.9. The largest absolute Gasteiger partial charge is 0.488 e. The third-order valence-corrected chi connectivity index (χ3v) is 7.81. The fourth-order valence-electron chi connectivity index (χ4n) is 4.40. The van der Waals surface area contributed by atoms with Crippen LogP contribution in [0.5, 0.6) is 5.75 Å². The summed E-state index contributed by atoms with van der Waals surface area (Å²) < 4.78 is 13.4. The predicted molar refractivity (Wildman–Crippen MR) is 154 cm³/mol. The van der Waals surface area contributed by atoms with Gasteiger partial charge in [-0.2, -0.15) is 0 Å². The summed E-state index contributed by atoms with van der Waals surface area (Å²) in [6, 6.07) is 21.3. The normalized spacial score (nSPS) is 15.1. The van der Waals surface area contributed by atoms with E-state index in [-0.39, 0.29) is 17.7 Å². The standard InChI is InChI=1S/C30H24Cl2N2O4S/c1-3-37-29(36)26-18(2)33-30-34(27(26)22-9-5-6-10-23(22)32)28(35)25(39-30)16-20-8-4-7-11-24(20)38-17-19-12-14-21(31)15-13-19/h4-16,27H,3,17H2,1-2H3/b25-16-/t27-/m0/s1. The molecule has 2 heterocycles. The van der Waals surface area contributed by atoms with Gasteiger partial charge in [0, 0.05) is 15.6 Å². The first-order valence-electron chi connectivity index (χ1n) is 12.3. The molecular formula is C30H24Cl2N2O4S. The van der Waals surface area contributed by atoms with E-state index in [0.29, 0.717) is 43.0 Å². The van der Waals surface area contributed by atoms with Crippen LogP contribution in [-0.2, 0) is 16.1 Å². The number of ether oxygens (including phenoxy) is 2. The molecule has 0 amide bonds. The lowest BCUT2D eigenvalue weighted by Gasteiger charge is -2.25. The summed E-state index contributed by atoms with van der Waals surface area (Å²) in [6.07, 6.45) is 1.79. The fraction of sp³-hybridized carbons (Fsp3) is 0.167. The maximum atomic E-state index is 13.9. The summed E-state index contributed by atoms with van der Waals surface area (Å²) in [6.45, 7) is 4.02. The highest BCUT2D eigenvalue weighted by Crippen LogP contribution is 2.34. The number of halogens is 2. The average molecular weight is 580 g/mol. The van der Waals surface area contributed by atoms with Crippen LogP contribution in [-0.4, -0.2) is 17.1 Å². The van der Waals surface area contributed by atoms with E-state index in [2.05, 4.69) is 4.99 Å². The summed E-state index contributed by atoms with van der Waals surface area (Å²) >= 11 is 13.8. The molecule has 0 aliphatic carbocycles. The Morgan fingerprint density at radius 2 is 1.77 bits per heavy atom. The van der Waals surface area contributed by atoms with Crippen LogP contribution in [0.25, 0.3) is 6.08 Å². The molecule has 1 aromatic heterocycles. The van der Waals surface area contributed by atoms with E-state index in [1.54, 1.807) is 32.1 Å². The third kappa shape index (κ3) is 5.57. The molecule has 3 aromatic carbocycles. The molecule has 0 saturated heterocycles. The molecule has 1 atom stereocenters. The Kier molecular flexibility index (Phi) is 8.02. The van der Waals surface area contributed by atoms with Gasteiger partial charge in [-0.3, -0.25) is 9.36 Å². The first-order valence-corrected chi connectivity index (χ1v) is 13.8. The summed E-state index contributed by atoms with van der Waals surface area (Å²) in [5.74, 6) is 0.100. The summed E-state index contributed by atoms with van der Waals surface area (Å²) in [5, 5.41) is 1.10. The molecule has 0 N–H and O–H groups in total. The predicted octanol–water partition coefficient (Wildman–Crippen LogP) is 5.68.